The number of H-pyrrole nitrogens is 1. The van der Waals surface area contributed by atoms with Crippen molar-refractivity contribution in [1.82, 2.24) is 19.5 Å². The van der Waals surface area contributed by atoms with E-state index >= 15 is 0 Å². The zero-order valence-electron chi connectivity index (χ0n) is 18.8. The third-order valence-electron chi connectivity index (χ3n) is 6.10. The van der Waals surface area contributed by atoms with Crippen LogP contribution in [-0.2, 0) is 10.0 Å². The van der Waals surface area contributed by atoms with E-state index in [1.54, 1.807) is 24.8 Å². The number of hydrogen-bond acceptors (Lipinski definition) is 5. The monoisotopic (exact) mass is 475 g/mol. The number of halogens is 1. The maximum atomic E-state index is 14.0. The van der Waals surface area contributed by atoms with Crippen molar-refractivity contribution in [2.45, 2.75) is 39.7 Å². The van der Waals surface area contributed by atoms with Gasteiger partial charge >= 0.3 is 0 Å². The van der Waals surface area contributed by atoms with Crippen LogP contribution in [0.2, 0.25) is 0 Å². The molecule has 1 amide bonds. The first-order valence-corrected chi connectivity index (χ1v) is 12.5. The molecule has 4 rings (SSSR count). The summed E-state index contributed by atoms with van der Waals surface area (Å²) < 4.78 is 41.3. The number of benzene rings is 1. The number of rotatable bonds is 4. The number of nitrogens with zero attached hydrogens (tertiary/aromatic N) is 3. The Kier molecular flexibility index (Phi) is 5.77. The Morgan fingerprint density at radius 2 is 2.00 bits per heavy atom. The number of piperidine rings is 1. The van der Waals surface area contributed by atoms with Crippen molar-refractivity contribution in [2.75, 3.05) is 17.5 Å². The molecule has 0 bridgehead atoms. The van der Waals surface area contributed by atoms with Crippen molar-refractivity contribution in [3.05, 3.63) is 63.0 Å². The number of aromatic nitrogens is 3. The number of anilines is 1. The highest BCUT2D eigenvalue weighted by atomic mass is 32.2. The Hall–Kier alpha value is -3.21. The van der Waals surface area contributed by atoms with E-state index in [1.165, 1.54) is 10.6 Å². The lowest BCUT2D eigenvalue weighted by molar-refractivity contribution is 0.0552. The van der Waals surface area contributed by atoms with Gasteiger partial charge in [-0.2, -0.15) is 0 Å². The van der Waals surface area contributed by atoms with E-state index in [2.05, 4.69) is 21.7 Å². The zero-order chi connectivity index (χ0) is 24.1. The molecule has 0 radical (unpaired) electrons. The van der Waals surface area contributed by atoms with Gasteiger partial charge in [0.05, 0.1) is 29.2 Å². The summed E-state index contributed by atoms with van der Waals surface area (Å²) in [4.78, 5) is 32.3. The summed E-state index contributed by atoms with van der Waals surface area (Å²) in [5.41, 5.74) is 1.98. The highest BCUT2D eigenvalue weighted by Gasteiger charge is 2.34. The standard InChI is InChI=1S/C22H26FN5O4S/c1-12-7-8-27(22(30)16-10-15(23)5-6-17(16)26-33(4,31)32)19(9-12)18-11-20-24-14(3)13(2)21(29)28(20)25-18/h5-6,10-12,19,25-26H,7-9H2,1-4H3/t12-,19-/m0/s1. The van der Waals surface area contributed by atoms with Crippen LogP contribution in [0.3, 0.4) is 0 Å². The lowest BCUT2D eigenvalue weighted by atomic mass is 9.90. The van der Waals surface area contributed by atoms with E-state index in [0.29, 0.717) is 41.5 Å². The van der Waals surface area contributed by atoms with Gasteiger partial charge in [-0.15, -0.1) is 0 Å². The molecule has 176 valence electrons. The average molecular weight is 476 g/mol. The second-order valence-corrected chi connectivity index (χ2v) is 10.5. The molecule has 0 spiro atoms. The van der Waals surface area contributed by atoms with Crippen molar-refractivity contribution < 1.29 is 17.6 Å². The SMILES string of the molecule is Cc1nc2cc([C@@H]3C[C@@H](C)CCN3C(=O)c3cc(F)ccc3NS(C)(=O)=O)[nH]n2c(=O)c1C. The minimum atomic E-state index is -3.68. The Labute approximate surface area is 190 Å². The van der Waals surface area contributed by atoms with Crippen LogP contribution in [0.4, 0.5) is 10.1 Å². The van der Waals surface area contributed by atoms with Gasteiger partial charge in [-0.05, 0) is 50.8 Å². The van der Waals surface area contributed by atoms with Gasteiger partial charge in [-0.3, -0.25) is 19.4 Å². The fourth-order valence-corrected chi connectivity index (χ4v) is 4.80. The van der Waals surface area contributed by atoms with E-state index in [4.69, 9.17) is 0 Å². The van der Waals surface area contributed by atoms with E-state index in [1.807, 2.05) is 0 Å². The molecule has 2 aromatic heterocycles. The summed E-state index contributed by atoms with van der Waals surface area (Å²) in [6.07, 6.45) is 2.33. The molecule has 2 N–H and O–H groups in total. The predicted octanol–water partition coefficient (Wildman–Crippen LogP) is 2.76. The van der Waals surface area contributed by atoms with Crippen LogP contribution >= 0.6 is 0 Å². The lowest BCUT2D eigenvalue weighted by Gasteiger charge is -2.38. The number of sulfonamides is 1. The van der Waals surface area contributed by atoms with Crippen LogP contribution in [-0.4, -0.2) is 46.6 Å². The minimum Gasteiger partial charge on any atom is -0.330 e. The molecular weight excluding hydrogens is 449 g/mol. The summed E-state index contributed by atoms with van der Waals surface area (Å²) in [5, 5.41) is 3.08. The van der Waals surface area contributed by atoms with Gasteiger partial charge in [0.1, 0.15) is 5.82 Å². The fraction of sp³-hybridized carbons (Fsp3) is 0.409. The molecule has 1 aliphatic rings. The highest BCUT2D eigenvalue weighted by Crippen LogP contribution is 2.35. The normalized spacial score (nSPS) is 19.1. The number of carbonyl (C=O) groups excluding carboxylic acids is 1. The molecule has 1 saturated heterocycles. The molecule has 1 aromatic carbocycles. The third-order valence-corrected chi connectivity index (χ3v) is 6.69. The molecule has 0 unspecified atom stereocenters. The molecule has 1 fully saturated rings. The van der Waals surface area contributed by atoms with E-state index in [0.717, 1.165) is 24.8 Å². The van der Waals surface area contributed by atoms with Gasteiger partial charge < -0.3 is 4.90 Å². The van der Waals surface area contributed by atoms with Gasteiger partial charge in [0, 0.05) is 23.9 Å². The largest absolute Gasteiger partial charge is 0.330 e. The van der Waals surface area contributed by atoms with Crippen molar-refractivity contribution in [2.24, 2.45) is 5.92 Å². The summed E-state index contributed by atoms with van der Waals surface area (Å²) in [6.45, 7) is 5.95. The van der Waals surface area contributed by atoms with E-state index in [9.17, 15) is 22.4 Å². The number of carbonyl (C=O) groups is 1. The predicted molar refractivity (Wildman–Crippen MR) is 122 cm³/mol. The fourth-order valence-electron chi connectivity index (χ4n) is 4.22. The number of aryl methyl sites for hydroxylation is 1. The van der Waals surface area contributed by atoms with Gasteiger partial charge in [0.25, 0.3) is 11.5 Å². The Morgan fingerprint density at radius 3 is 2.70 bits per heavy atom. The molecule has 11 heteroatoms. The van der Waals surface area contributed by atoms with Crippen molar-refractivity contribution in [3.63, 3.8) is 0 Å². The average Bonchev–Trinajstić information content (AvgIpc) is 3.16. The van der Waals surface area contributed by atoms with E-state index in [-0.39, 0.29) is 16.8 Å². The number of aromatic amines is 1. The topological polar surface area (TPSA) is 117 Å². The number of nitrogens with one attached hydrogen (secondary N) is 2. The minimum absolute atomic E-state index is 0.0158. The Balaban J connectivity index is 1.78. The van der Waals surface area contributed by atoms with E-state index < -0.39 is 27.8 Å². The first-order chi connectivity index (χ1) is 15.4. The maximum Gasteiger partial charge on any atom is 0.275 e. The van der Waals surface area contributed by atoms with Gasteiger partial charge in [0.2, 0.25) is 10.0 Å². The Morgan fingerprint density at radius 1 is 1.27 bits per heavy atom. The molecule has 3 aromatic rings. The molecule has 3 heterocycles. The smallest absolute Gasteiger partial charge is 0.275 e. The molecule has 1 aliphatic heterocycles. The number of amides is 1. The third kappa shape index (κ3) is 4.50. The van der Waals surface area contributed by atoms with Crippen LogP contribution < -0.4 is 10.3 Å². The second-order valence-electron chi connectivity index (χ2n) is 8.74. The molecule has 9 nitrogen and oxygen atoms in total. The first-order valence-electron chi connectivity index (χ1n) is 10.6. The van der Waals surface area contributed by atoms with Crippen LogP contribution in [0.5, 0.6) is 0 Å². The van der Waals surface area contributed by atoms with Crippen molar-refractivity contribution in [1.29, 1.82) is 0 Å². The number of hydrogen-bond donors (Lipinski definition) is 2. The van der Waals surface area contributed by atoms with Crippen molar-refractivity contribution in [3.8, 4) is 0 Å². The summed E-state index contributed by atoms with van der Waals surface area (Å²) >= 11 is 0. The summed E-state index contributed by atoms with van der Waals surface area (Å²) in [5.74, 6) is -0.838. The molecule has 33 heavy (non-hydrogen) atoms. The molecular formula is C22H26FN5O4S. The van der Waals surface area contributed by atoms with Crippen LogP contribution in [0.15, 0.2) is 29.1 Å². The zero-order valence-corrected chi connectivity index (χ0v) is 19.7. The number of fused-ring (bicyclic) bond motifs is 1. The second kappa shape index (κ2) is 8.29. The molecule has 0 aliphatic carbocycles. The van der Waals surface area contributed by atoms with Crippen LogP contribution in [0, 0.1) is 25.6 Å². The van der Waals surface area contributed by atoms with Gasteiger partial charge in [0.15, 0.2) is 5.65 Å². The first kappa shape index (κ1) is 23.0. The summed E-state index contributed by atoms with van der Waals surface area (Å²) in [7, 11) is -3.68. The quantitative estimate of drug-likeness (QED) is 0.602. The van der Waals surface area contributed by atoms with Gasteiger partial charge in [-0.25, -0.2) is 22.3 Å². The summed E-state index contributed by atoms with van der Waals surface area (Å²) in [6, 6.07) is 4.70. The van der Waals surface area contributed by atoms with Crippen molar-refractivity contribution >= 4 is 27.3 Å². The lowest BCUT2D eigenvalue weighted by Crippen LogP contribution is -2.41. The van der Waals surface area contributed by atoms with Crippen LogP contribution in [0.25, 0.3) is 5.65 Å². The maximum absolute atomic E-state index is 14.0. The number of likely N-dealkylation sites (tertiary alicyclic amines) is 1. The van der Waals surface area contributed by atoms with Crippen LogP contribution in [0.1, 0.15) is 53.1 Å². The highest BCUT2D eigenvalue weighted by molar-refractivity contribution is 7.92. The molecule has 0 saturated carbocycles. The van der Waals surface area contributed by atoms with Gasteiger partial charge in [-0.1, -0.05) is 6.92 Å². The Bertz CT molecular complexity index is 1410. The molecule has 2 atom stereocenters.